The van der Waals surface area contributed by atoms with Crippen LogP contribution in [0.3, 0.4) is 0 Å². The molecule has 2 heterocycles. The number of rotatable bonds is 2. The van der Waals surface area contributed by atoms with Crippen molar-refractivity contribution in [3.63, 3.8) is 0 Å². The summed E-state index contributed by atoms with van der Waals surface area (Å²) in [7, 11) is 0. The quantitative estimate of drug-likeness (QED) is 0.910. The van der Waals surface area contributed by atoms with E-state index in [9.17, 15) is 4.39 Å². The maximum Gasteiger partial charge on any atom is 0.176 e. The number of benzene rings is 1. The highest BCUT2D eigenvalue weighted by Gasteiger charge is 2.24. The van der Waals surface area contributed by atoms with E-state index in [1.54, 1.807) is 0 Å². The molecule has 0 amide bonds. The van der Waals surface area contributed by atoms with Crippen LogP contribution in [0.25, 0.3) is 0 Å². The van der Waals surface area contributed by atoms with Gasteiger partial charge >= 0.3 is 0 Å². The first kappa shape index (κ1) is 12.2. The number of nitrogens with one attached hydrogen (secondary N) is 1. The van der Waals surface area contributed by atoms with E-state index in [2.05, 4.69) is 21.2 Å². The Labute approximate surface area is 114 Å². The molecule has 2 aliphatic rings. The van der Waals surface area contributed by atoms with Crippen LogP contribution in [0.4, 0.5) is 4.39 Å². The van der Waals surface area contributed by atoms with Crippen LogP contribution in [0, 0.1) is 5.82 Å². The maximum atomic E-state index is 14.1. The van der Waals surface area contributed by atoms with Crippen LogP contribution in [-0.2, 0) is 6.42 Å². The number of ether oxygens (including phenoxy) is 2. The standard InChI is InChI=1S/C13H15BrFNO2/c14-12-9(6-8-2-1-3-16-8)10(15)7-11-13(12)18-5-4-17-11/h7-8,16H,1-6H2. The van der Waals surface area contributed by atoms with Gasteiger partial charge in [0, 0.05) is 17.7 Å². The molecule has 1 saturated heterocycles. The van der Waals surface area contributed by atoms with E-state index in [4.69, 9.17) is 9.47 Å². The van der Waals surface area contributed by atoms with Crippen molar-refractivity contribution in [3.05, 3.63) is 21.9 Å². The largest absolute Gasteiger partial charge is 0.486 e. The molecule has 0 saturated carbocycles. The van der Waals surface area contributed by atoms with Gasteiger partial charge in [-0.2, -0.15) is 0 Å². The molecule has 3 nitrogen and oxygen atoms in total. The second-order valence-corrected chi connectivity index (χ2v) is 5.47. The lowest BCUT2D eigenvalue weighted by Gasteiger charge is -2.22. The molecule has 1 aromatic carbocycles. The van der Waals surface area contributed by atoms with Gasteiger partial charge in [-0.05, 0) is 41.7 Å². The Balaban J connectivity index is 1.92. The molecule has 1 N–H and O–H groups in total. The van der Waals surface area contributed by atoms with E-state index < -0.39 is 0 Å². The summed E-state index contributed by atoms with van der Waals surface area (Å²) in [5.41, 5.74) is 0.679. The molecule has 0 aromatic heterocycles. The summed E-state index contributed by atoms with van der Waals surface area (Å²) < 4.78 is 25.8. The molecule has 0 radical (unpaired) electrons. The van der Waals surface area contributed by atoms with Gasteiger partial charge < -0.3 is 14.8 Å². The molecular formula is C13H15BrFNO2. The van der Waals surface area contributed by atoms with Crippen LogP contribution in [0.2, 0.25) is 0 Å². The lowest BCUT2D eigenvalue weighted by Crippen LogP contribution is -2.25. The molecule has 0 bridgehead atoms. The first-order valence-electron chi connectivity index (χ1n) is 6.25. The average Bonchev–Trinajstić information content (AvgIpc) is 2.87. The van der Waals surface area contributed by atoms with Crippen molar-refractivity contribution in [1.29, 1.82) is 0 Å². The topological polar surface area (TPSA) is 30.5 Å². The van der Waals surface area contributed by atoms with Crippen molar-refractivity contribution in [2.24, 2.45) is 0 Å². The molecular weight excluding hydrogens is 301 g/mol. The Morgan fingerprint density at radius 1 is 1.39 bits per heavy atom. The van der Waals surface area contributed by atoms with Crippen molar-refractivity contribution < 1.29 is 13.9 Å². The van der Waals surface area contributed by atoms with E-state index in [-0.39, 0.29) is 5.82 Å². The van der Waals surface area contributed by atoms with Crippen LogP contribution < -0.4 is 14.8 Å². The Morgan fingerprint density at radius 2 is 2.22 bits per heavy atom. The minimum atomic E-state index is -0.222. The van der Waals surface area contributed by atoms with Gasteiger partial charge in [0.1, 0.15) is 19.0 Å². The smallest absolute Gasteiger partial charge is 0.176 e. The van der Waals surface area contributed by atoms with Gasteiger partial charge in [0.25, 0.3) is 0 Å². The molecule has 18 heavy (non-hydrogen) atoms. The second-order valence-electron chi connectivity index (χ2n) is 4.67. The number of hydrogen-bond acceptors (Lipinski definition) is 3. The summed E-state index contributed by atoms with van der Waals surface area (Å²) in [5.74, 6) is 0.907. The molecule has 5 heteroatoms. The molecule has 3 rings (SSSR count). The van der Waals surface area contributed by atoms with Crippen molar-refractivity contribution >= 4 is 15.9 Å². The number of hydrogen-bond donors (Lipinski definition) is 1. The minimum absolute atomic E-state index is 0.222. The van der Waals surface area contributed by atoms with Crippen LogP contribution >= 0.6 is 15.9 Å². The van der Waals surface area contributed by atoms with Crippen molar-refractivity contribution in [2.45, 2.75) is 25.3 Å². The predicted molar refractivity (Wildman–Crippen MR) is 69.8 cm³/mol. The Hall–Kier alpha value is -0.810. The Morgan fingerprint density at radius 3 is 3.00 bits per heavy atom. The molecule has 1 aromatic rings. The zero-order chi connectivity index (χ0) is 12.5. The lowest BCUT2D eigenvalue weighted by atomic mass is 10.0. The van der Waals surface area contributed by atoms with E-state index in [0.29, 0.717) is 47.2 Å². The molecule has 1 atom stereocenters. The van der Waals surface area contributed by atoms with E-state index in [1.807, 2.05) is 0 Å². The first-order valence-corrected chi connectivity index (χ1v) is 7.05. The molecule has 0 aliphatic carbocycles. The fourth-order valence-corrected chi connectivity index (χ4v) is 3.18. The summed E-state index contributed by atoms with van der Waals surface area (Å²) in [4.78, 5) is 0. The maximum absolute atomic E-state index is 14.1. The van der Waals surface area contributed by atoms with Crippen LogP contribution in [0.15, 0.2) is 10.5 Å². The first-order chi connectivity index (χ1) is 8.75. The van der Waals surface area contributed by atoms with Gasteiger partial charge in [0.2, 0.25) is 0 Å². The van der Waals surface area contributed by atoms with Gasteiger partial charge in [-0.1, -0.05) is 0 Å². The second kappa shape index (κ2) is 5.05. The van der Waals surface area contributed by atoms with Crippen molar-refractivity contribution in [3.8, 4) is 11.5 Å². The molecule has 1 unspecified atom stereocenters. The van der Waals surface area contributed by atoms with Gasteiger partial charge in [-0.15, -0.1) is 0 Å². The highest BCUT2D eigenvalue weighted by Crippen LogP contribution is 2.41. The third kappa shape index (κ3) is 2.21. The Bertz CT molecular complexity index is 461. The molecule has 98 valence electrons. The number of halogens is 2. The fraction of sp³-hybridized carbons (Fsp3) is 0.538. The third-order valence-corrected chi connectivity index (χ3v) is 4.27. The highest BCUT2D eigenvalue weighted by molar-refractivity contribution is 9.10. The Kier molecular flexibility index (Phi) is 3.43. The monoisotopic (exact) mass is 315 g/mol. The van der Waals surface area contributed by atoms with E-state index >= 15 is 0 Å². The third-order valence-electron chi connectivity index (χ3n) is 3.43. The van der Waals surface area contributed by atoms with Gasteiger partial charge in [0.05, 0.1) is 4.47 Å². The minimum Gasteiger partial charge on any atom is -0.486 e. The highest BCUT2D eigenvalue weighted by atomic mass is 79.9. The van der Waals surface area contributed by atoms with Crippen molar-refractivity contribution in [2.75, 3.05) is 19.8 Å². The van der Waals surface area contributed by atoms with Crippen LogP contribution in [-0.4, -0.2) is 25.8 Å². The normalized spacial score (nSPS) is 22.2. The molecule has 2 aliphatic heterocycles. The van der Waals surface area contributed by atoms with E-state index in [1.165, 1.54) is 6.07 Å². The average molecular weight is 316 g/mol. The summed E-state index contributed by atoms with van der Waals surface area (Å²) in [6.07, 6.45) is 2.94. The fourth-order valence-electron chi connectivity index (χ4n) is 2.52. The van der Waals surface area contributed by atoms with Gasteiger partial charge in [-0.25, -0.2) is 4.39 Å². The van der Waals surface area contributed by atoms with Crippen LogP contribution in [0.1, 0.15) is 18.4 Å². The summed E-state index contributed by atoms with van der Waals surface area (Å²) in [6, 6.07) is 1.79. The zero-order valence-corrected chi connectivity index (χ0v) is 11.6. The van der Waals surface area contributed by atoms with Gasteiger partial charge in [-0.3, -0.25) is 0 Å². The number of fused-ring (bicyclic) bond motifs is 1. The summed E-state index contributed by atoms with van der Waals surface area (Å²) in [5, 5.41) is 3.38. The van der Waals surface area contributed by atoms with Crippen molar-refractivity contribution in [1.82, 2.24) is 5.32 Å². The lowest BCUT2D eigenvalue weighted by molar-refractivity contribution is 0.169. The zero-order valence-electron chi connectivity index (χ0n) is 9.97. The molecule has 0 spiro atoms. The summed E-state index contributed by atoms with van der Waals surface area (Å²) >= 11 is 3.45. The summed E-state index contributed by atoms with van der Waals surface area (Å²) in [6.45, 7) is 2.01. The van der Waals surface area contributed by atoms with Gasteiger partial charge in [0.15, 0.2) is 11.5 Å². The molecule has 1 fully saturated rings. The predicted octanol–water partition coefficient (Wildman–Crippen LogP) is 2.65. The van der Waals surface area contributed by atoms with Crippen LogP contribution in [0.5, 0.6) is 11.5 Å². The SMILES string of the molecule is Fc1cc2c(c(Br)c1CC1CCCN1)OCCO2. The van der Waals surface area contributed by atoms with E-state index in [0.717, 1.165) is 19.4 Å².